The molecule has 78 valence electrons. The van der Waals surface area contributed by atoms with Gasteiger partial charge in [0.15, 0.2) is 5.82 Å². The first kappa shape index (κ1) is 8.77. The topological polar surface area (TPSA) is 43.8 Å². The molecule has 3 rings (SSSR count). The Morgan fingerprint density at radius 1 is 1.33 bits per heavy atom. The molecule has 0 aliphatic heterocycles. The summed E-state index contributed by atoms with van der Waals surface area (Å²) in [7, 11) is 0. The lowest BCUT2D eigenvalue weighted by molar-refractivity contribution is 0.562. The summed E-state index contributed by atoms with van der Waals surface area (Å²) in [5, 5.41) is 5.46. The molecule has 2 N–H and O–H groups in total. The molecule has 3 heteroatoms. The van der Waals surface area contributed by atoms with E-state index in [2.05, 4.69) is 11.2 Å². The highest BCUT2D eigenvalue weighted by Crippen LogP contribution is 2.33. The molecule has 0 amide bonds. The van der Waals surface area contributed by atoms with Crippen LogP contribution >= 0.6 is 0 Å². The van der Waals surface area contributed by atoms with Gasteiger partial charge in [-0.2, -0.15) is 5.10 Å². The van der Waals surface area contributed by atoms with Gasteiger partial charge in [0, 0.05) is 11.9 Å². The number of nitrogens with two attached hydrogens (primary N) is 1. The molecule has 1 aliphatic carbocycles. The van der Waals surface area contributed by atoms with Crippen LogP contribution in [0.1, 0.15) is 19.3 Å². The van der Waals surface area contributed by atoms with Crippen LogP contribution in [0.2, 0.25) is 0 Å². The Morgan fingerprint density at radius 2 is 2.13 bits per heavy atom. The van der Waals surface area contributed by atoms with Gasteiger partial charge in [-0.05, 0) is 24.5 Å². The minimum atomic E-state index is 0.654. The average Bonchev–Trinajstić information content (AvgIpc) is 3.03. The second-order valence-corrected chi connectivity index (χ2v) is 4.36. The number of anilines is 1. The second-order valence-electron chi connectivity index (χ2n) is 4.36. The van der Waals surface area contributed by atoms with E-state index in [9.17, 15) is 0 Å². The van der Waals surface area contributed by atoms with Gasteiger partial charge < -0.3 is 5.73 Å². The SMILES string of the molecule is Nc1nn(CCC2CC2)c2ccccc12. The van der Waals surface area contributed by atoms with Gasteiger partial charge in [0.1, 0.15) is 0 Å². The number of hydrogen-bond donors (Lipinski definition) is 1. The lowest BCUT2D eigenvalue weighted by Crippen LogP contribution is -2.01. The van der Waals surface area contributed by atoms with Gasteiger partial charge in [0.05, 0.1) is 5.52 Å². The number of rotatable bonds is 3. The van der Waals surface area contributed by atoms with E-state index in [-0.39, 0.29) is 0 Å². The number of aromatic nitrogens is 2. The Hall–Kier alpha value is -1.51. The van der Waals surface area contributed by atoms with Crippen LogP contribution in [0.5, 0.6) is 0 Å². The first-order valence-electron chi connectivity index (χ1n) is 5.55. The third kappa shape index (κ3) is 1.58. The van der Waals surface area contributed by atoms with E-state index in [4.69, 9.17) is 5.73 Å². The van der Waals surface area contributed by atoms with E-state index >= 15 is 0 Å². The zero-order valence-corrected chi connectivity index (χ0v) is 8.69. The molecule has 1 aromatic carbocycles. The molecule has 0 radical (unpaired) electrons. The fraction of sp³-hybridized carbons (Fsp3) is 0.417. The van der Waals surface area contributed by atoms with Crippen molar-refractivity contribution in [3.05, 3.63) is 24.3 Å². The maximum absolute atomic E-state index is 5.87. The van der Waals surface area contributed by atoms with Gasteiger partial charge in [-0.3, -0.25) is 4.68 Å². The van der Waals surface area contributed by atoms with Gasteiger partial charge in [-0.15, -0.1) is 0 Å². The molecule has 0 bridgehead atoms. The van der Waals surface area contributed by atoms with E-state index in [1.807, 2.05) is 22.9 Å². The molecule has 0 spiro atoms. The van der Waals surface area contributed by atoms with Crippen LogP contribution in [-0.2, 0) is 6.54 Å². The Balaban J connectivity index is 1.94. The first-order chi connectivity index (χ1) is 7.34. The first-order valence-corrected chi connectivity index (χ1v) is 5.55. The van der Waals surface area contributed by atoms with Gasteiger partial charge in [-0.1, -0.05) is 25.0 Å². The van der Waals surface area contributed by atoms with Crippen molar-refractivity contribution in [1.82, 2.24) is 9.78 Å². The number of nitrogen functional groups attached to an aromatic ring is 1. The van der Waals surface area contributed by atoms with Crippen LogP contribution in [0.3, 0.4) is 0 Å². The van der Waals surface area contributed by atoms with E-state index in [1.54, 1.807) is 0 Å². The van der Waals surface area contributed by atoms with Crippen molar-refractivity contribution in [2.45, 2.75) is 25.8 Å². The van der Waals surface area contributed by atoms with Crippen molar-refractivity contribution in [2.75, 3.05) is 5.73 Å². The van der Waals surface area contributed by atoms with Crippen molar-refractivity contribution in [2.24, 2.45) is 5.92 Å². The number of aryl methyl sites for hydroxylation is 1. The van der Waals surface area contributed by atoms with Crippen molar-refractivity contribution in [3.63, 3.8) is 0 Å². The third-order valence-corrected chi connectivity index (χ3v) is 3.13. The van der Waals surface area contributed by atoms with Gasteiger partial charge in [0.25, 0.3) is 0 Å². The number of nitrogens with zero attached hydrogens (tertiary/aromatic N) is 2. The minimum absolute atomic E-state index is 0.654. The lowest BCUT2D eigenvalue weighted by Gasteiger charge is -2.01. The lowest BCUT2D eigenvalue weighted by atomic mass is 10.2. The maximum Gasteiger partial charge on any atom is 0.153 e. The van der Waals surface area contributed by atoms with Gasteiger partial charge >= 0.3 is 0 Å². The van der Waals surface area contributed by atoms with E-state index in [1.165, 1.54) is 19.3 Å². The van der Waals surface area contributed by atoms with E-state index in [0.717, 1.165) is 23.4 Å². The molecule has 0 atom stereocenters. The van der Waals surface area contributed by atoms with Crippen molar-refractivity contribution in [3.8, 4) is 0 Å². The fourth-order valence-corrected chi connectivity index (χ4v) is 2.03. The summed E-state index contributed by atoms with van der Waals surface area (Å²) in [5.41, 5.74) is 7.03. The van der Waals surface area contributed by atoms with Crippen LogP contribution in [0.25, 0.3) is 10.9 Å². The summed E-state index contributed by atoms with van der Waals surface area (Å²) in [6.07, 6.45) is 4.04. The standard InChI is InChI=1S/C12H15N3/c13-12-10-3-1-2-4-11(10)15(14-12)8-7-9-5-6-9/h1-4,9H,5-8H2,(H2,13,14). The van der Waals surface area contributed by atoms with Crippen LogP contribution in [-0.4, -0.2) is 9.78 Å². The molecular weight excluding hydrogens is 186 g/mol. The average molecular weight is 201 g/mol. The Bertz CT molecular complexity index is 483. The summed E-state index contributed by atoms with van der Waals surface area (Å²) in [4.78, 5) is 0. The molecule has 1 saturated carbocycles. The normalized spacial score (nSPS) is 16.0. The van der Waals surface area contributed by atoms with Crippen LogP contribution in [0, 0.1) is 5.92 Å². The second kappa shape index (κ2) is 3.26. The van der Waals surface area contributed by atoms with Crippen molar-refractivity contribution >= 4 is 16.7 Å². The number of hydrogen-bond acceptors (Lipinski definition) is 2. The Labute approximate surface area is 88.9 Å². The molecule has 3 nitrogen and oxygen atoms in total. The number of benzene rings is 1. The summed E-state index contributed by atoms with van der Waals surface area (Å²) >= 11 is 0. The third-order valence-electron chi connectivity index (χ3n) is 3.13. The molecule has 0 saturated heterocycles. The van der Waals surface area contributed by atoms with Crippen LogP contribution in [0.15, 0.2) is 24.3 Å². The Morgan fingerprint density at radius 3 is 2.93 bits per heavy atom. The molecule has 1 fully saturated rings. The van der Waals surface area contributed by atoms with Crippen LogP contribution < -0.4 is 5.73 Å². The number of fused-ring (bicyclic) bond motifs is 1. The summed E-state index contributed by atoms with van der Waals surface area (Å²) in [6.45, 7) is 1.00. The molecule has 0 unspecified atom stereocenters. The molecule has 1 aliphatic rings. The predicted octanol–water partition coefficient (Wildman–Crippen LogP) is 2.42. The predicted molar refractivity (Wildman–Crippen MR) is 61.5 cm³/mol. The summed E-state index contributed by atoms with van der Waals surface area (Å²) in [6, 6.07) is 8.17. The van der Waals surface area contributed by atoms with Crippen LogP contribution in [0.4, 0.5) is 5.82 Å². The highest BCUT2D eigenvalue weighted by atomic mass is 15.3. The highest BCUT2D eigenvalue weighted by molar-refractivity contribution is 5.88. The summed E-state index contributed by atoms with van der Waals surface area (Å²) in [5.74, 6) is 1.59. The largest absolute Gasteiger partial charge is 0.382 e. The van der Waals surface area contributed by atoms with E-state index < -0.39 is 0 Å². The molecule has 1 heterocycles. The van der Waals surface area contributed by atoms with Crippen molar-refractivity contribution in [1.29, 1.82) is 0 Å². The maximum atomic E-state index is 5.87. The zero-order valence-electron chi connectivity index (χ0n) is 8.69. The quantitative estimate of drug-likeness (QED) is 0.828. The monoisotopic (exact) mass is 201 g/mol. The van der Waals surface area contributed by atoms with Crippen molar-refractivity contribution < 1.29 is 0 Å². The molecular formula is C12H15N3. The smallest absolute Gasteiger partial charge is 0.153 e. The molecule has 1 aromatic heterocycles. The number of para-hydroxylation sites is 1. The van der Waals surface area contributed by atoms with E-state index in [0.29, 0.717) is 5.82 Å². The fourth-order valence-electron chi connectivity index (χ4n) is 2.03. The Kier molecular flexibility index (Phi) is 1.91. The molecule has 15 heavy (non-hydrogen) atoms. The molecule has 2 aromatic rings. The van der Waals surface area contributed by atoms with Gasteiger partial charge in [-0.25, -0.2) is 0 Å². The zero-order chi connectivity index (χ0) is 10.3. The highest BCUT2D eigenvalue weighted by Gasteiger charge is 2.21. The van der Waals surface area contributed by atoms with Gasteiger partial charge in [0.2, 0.25) is 0 Å². The summed E-state index contributed by atoms with van der Waals surface area (Å²) < 4.78 is 2.04. The minimum Gasteiger partial charge on any atom is -0.382 e.